The number of thiocarbonyl (C=S) groups is 1. The van der Waals surface area contributed by atoms with Gasteiger partial charge in [-0.2, -0.15) is 8.42 Å². The van der Waals surface area contributed by atoms with Crippen LogP contribution >= 0.6 is 23.6 Å². The van der Waals surface area contributed by atoms with Crippen LogP contribution in [0.15, 0.2) is 20.7 Å². The highest BCUT2D eigenvalue weighted by molar-refractivity contribution is 7.93. The van der Waals surface area contributed by atoms with E-state index in [4.69, 9.17) is 0 Å². The van der Waals surface area contributed by atoms with Crippen LogP contribution in [0.25, 0.3) is 0 Å². The lowest BCUT2D eigenvalue weighted by Crippen LogP contribution is -1.91. The molecule has 0 N–H and O–H groups in total. The van der Waals surface area contributed by atoms with Crippen LogP contribution in [0.4, 0.5) is 0 Å². The number of hydrogen-bond acceptors (Lipinski definition) is 4. The van der Waals surface area contributed by atoms with Crippen molar-refractivity contribution in [1.82, 2.24) is 0 Å². The van der Waals surface area contributed by atoms with Crippen molar-refractivity contribution in [3.8, 4) is 0 Å². The molecular formula is C6H5NO2S3. The number of sulfonamides is 1. The molecule has 1 rings (SSSR count). The molecule has 0 amide bonds. The largest absolute Gasteiger partial charge is 0.300 e. The van der Waals surface area contributed by atoms with Gasteiger partial charge in [-0.25, -0.2) is 0 Å². The second kappa shape index (κ2) is 3.45. The van der Waals surface area contributed by atoms with Gasteiger partial charge in [0.2, 0.25) is 0 Å². The minimum absolute atomic E-state index is 0.206. The second-order valence-electron chi connectivity index (χ2n) is 2.02. The third kappa shape index (κ3) is 1.98. The first kappa shape index (κ1) is 9.54. The van der Waals surface area contributed by atoms with Crippen LogP contribution in [-0.2, 0) is 10.0 Å². The van der Waals surface area contributed by atoms with Crippen LogP contribution in [0.3, 0.4) is 0 Å². The Morgan fingerprint density at radius 2 is 2.25 bits per heavy atom. The quantitative estimate of drug-likeness (QED) is 0.563. The minimum atomic E-state index is -3.56. The zero-order chi connectivity index (χ0) is 9.19. The average molecular weight is 219 g/mol. The third-order valence-corrected chi connectivity index (χ3v) is 3.99. The summed E-state index contributed by atoms with van der Waals surface area (Å²) < 4.78 is 25.6. The fourth-order valence-corrected chi connectivity index (χ4v) is 2.88. The lowest BCUT2D eigenvalue weighted by atomic mass is 10.5. The maximum Gasteiger partial charge on any atom is 0.300 e. The summed E-state index contributed by atoms with van der Waals surface area (Å²) in [5, 5.41) is 1.84. The van der Waals surface area contributed by atoms with Crippen LogP contribution in [0.5, 0.6) is 0 Å². The summed E-state index contributed by atoms with van der Waals surface area (Å²) in [5.41, 5.74) is 0. The van der Waals surface area contributed by atoms with Crippen LogP contribution in [0.2, 0.25) is 0 Å². The molecule has 0 aromatic carbocycles. The molecule has 0 saturated carbocycles. The number of isothiocyanates is 1. The fraction of sp³-hybridized carbons (Fsp3) is 0.167. The lowest BCUT2D eigenvalue weighted by molar-refractivity contribution is 0.600. The summed E-state index contributed by atoms with van der Waals surface area (Å²) >= 11 is 5.38. The Morgan fingerprint density at radius 3 is 2.67 bits per heavy atom. The zero-order valence-corrected chi connectivity index (χ0v) is 8.59. The highest BCUT2D eigenvalue weighted by atomic mass is 32.2. The molecule has 0 unspecified atom stereocenters. The maximum atomic E-state index is 11.2. The number of hydrogen-bond donors (Lipinski definition) is 0. The molecule has 0 aliphatic heterocycles. The molecule has 1 heterocycles. The van der Waals surface area contributed by atoms with Crippen molar-refractivity contribution >= 4 is 38.7 Å². The SMILES string of the molecule is Cc1ccc(S(=O)(=O)N=C=S)s1. The second-order valence-corrected chi connectivity index (χ2v) is 5.32. The fourth-order valence-electron chi connectivity index (χ4n) is 0.645. The van der Waals surface area contributed by atoms with Crippen molar-refractivity contribution < 1.29 is 8.42 Å². The van der Waals surface area contributed by atoms with E-state index < -0.39 is 10.0 Å². The Labute approximate surface area is 79.8 Å². The monoisotopic (exact) mass is 219 g/mol. The first-order chi connectivity index (χ1) is 5.56. The molecule has 64 valence electrons. The summed E-state index contributed by atoms with van der Waals surface area (Å²) in [6, 6.07) is 3.22. The number of nitrogens with zero attached hydrogens (tertiary/aromatic N) is 1. The van der Waals surface area contributed by atoms with Gasteiger partial charge in [-0.15, -0.1) is 15.7 Å². The van der Waals surface area contributed by atoms with Crippen molar-refractivity contribution in [2.45, 2.75) is 11.1 Å². The molecule has 0 atom stereocenters. The van der Waals surface area contributed by atoms with Gasteiger partial charge in [0.05, 0.1) is 5.16 Å². The maximum absolute atomic E-state index is 11.2. The number of aryl methyl sites for hydroxylation is 1. The zero-order valence-electron chi connectivity index (χ0n) is 6.14. The molecule has 12 heavy (non-hydrogen) atoms. The van der Waals surface area contributed by atoms with E-state index in [0.717, 1.165) is 4.88 Å². The van der Waals surface area contributed by atoms with Gasteiger partial charge in [-0.05, 0) is 31.3 Å². The van der Waals surface area contributed by atoms with E-state index in [2.05, 4.69) is 16.6 Å². The van der Waals surface area contributed by atoms with E-state index in [1.165, 1.54) is 17.4 Å². The lowest BCUT2D eigenvalue weighted by Gasteiger charge is -1.87. The van der Waals surface area contributed by atoms with Gasteiger partial charge in [-0.3, -0.25) is 0 Å². The highest BCUT2D eigenvalue weighted by Gasteiger charge is 2.13. The molecule has 3 nitrogen and oxygen atoms in total. The molecule has 0 saturated heterocycles. The first-order valence-corrected chi connectivity index (χ1v) is 5.63. The Balaban J connectivity index is 3.23. The van der Waals surface area contributed by atoms with E-state index in [9.17, 15) is 8.42 Å². The van der Waals surface area contributed by atoms with Crippen LogP contribution < -0.4 is 0 Å². The van der Waals surface area contributed by atoms with E-state index in [0.29, 0.717) is 0 Å². The molecule has 0 radical (unpaired) electrons. The molecule has 0 spiro atoms. The minimum Gasteiger partial charge on any atom is -0.198 e. The topological polar surface area (TPSA) is 46.5 Å². The molecular weight excluding hydrogens is 214 g/mol. The van der Waals surface area contributed by atoms with E-state index in [-0.39, 0.29) is 4.21 Å². The molecule has 0 fully saturated rings. The van der Waals surface area contributed by atoms with Crippen LogP contribution in [0, 0.1) is 6.92 Å². The van der Waals surface area contributed by atoms with Gasteiger partial charge in [0.1, 0.15) is 4.21 Å². The molecule has 0 aliphatic carbocycles. The normalized spacial score (nSPS) is 10.8. The van der Waals surface area contributed by atoms with Gasteiger partial charge < -0.3 is 0 Å². The first-order valence-electron chi connectivity index (χ1n) is 2.97. The molecule has 0 bridgehead atoms. The average Bonchev–Trinajstić information content (AvgIpc) is 2.36. The van der Waals surface area contributed by atoms with Crippen molar-refractivity contribution in [1.29, 1.82) is 0 Å². The number of thiophene rings is 1. The van der Waals surface area contributed by atoms with E-state index in [1.807, 2.05) is 12.1 Å². The molecule has 1 aromatic rings. The predicted octanol–water partition coefficient (Wildman–Crippen LogP) is 1.85. The van der Waals surface area contributed by atoms with E-state index >= 15 is 0 Å². The summed E-state index contributed by atoms with van der Waals surface area (Å²) in [4.78, 5) is 0.924. The highest BCUT2D eigenvalue weighted by Crippen LogP contribution is 2.21. The standard InChI is InChI=1S/C6H5NO2S3/c1-5-2-3-6(11-5)12(8,9)7-4-10/h2-3H,1H3. The summed E-state index contributed by atoms with van der Waals surface area (Å²) in [6.07, 6.45) is 0. The van der Waals surface area contributed by atoms with Gasteiger partial charge in [-0.1, -0.05) is 0 Å². The number of rotatable bonds is 2. The van der Waals surface area contributed by atoms with Crippen molar-refractivity contribution in [3.05, 3.63) is 17.0 Å². The van der Waals surface area contributed by atoms with E-state index in [1.54, 1.807) is 6.07 Å². The summed E-state index contributed by atoms with van der Waals surface area (Å²) in [7, 11) is -3.56. The van der Waals surface area contributed by atoms with Gasteiger partial charge in [0, 0.05) is 4.88 Å². The Morgan fingerprint density at radius 1 is 1.58 bits per heavy atom. The van der Waals surface area contributed by atoms with Crippen LogP contribution in [-0.4, -0.2) is 13.6 Å². The van der Waals surface area contributed by atoms with Crippen molar-refractivity contribution in [2.24, 2.45) is 4.40 Å². The van der Waals surface area contributed by atoms with Gasteiger partial charge in [0.25, 0.3) is 10.0 Å². The molecule has 6 heteroatoms. The Kier molecular flexibility index (Phi) is 2.74. The van der Waals surface area contributed by atoms with Crippen molar-refractivity contribution in [2.75, 3.05) is 0 Å². The summed E-state index contributed by atoms with van der Waals surface area (Å²) in [6.45, 7) is 1.82. The smallest absolute Gasteiger partial charge is 0.198 e. The molecule has 1 aromatic heterocycles. The Bertz CT molecular complexity index is 425. The van der Waals surface area contributed by atoms with Gasteiger partial charge >= 0.3 is 0 Å². The Hall–Kier alpha value is -0.550. The predicted molar refractivity (Wildman–Crippen MR) is 51.3 cm³/mol. The summed E-state index contributed by atoms with van der Waals surface area (Å²) in [5.74, 6) is 0. The van der Waals surface area contributed by atoms with Gasteiger partial charge in [0.15, 0.2) is 0 Å². The third-order valence-electron chi connectivity index (χ3n) is 1.13. The van der Waals surface area contributed by atoms with Crippen molar-refractivity contribution in [3.63, 3.8) is 0 Å². The van der Waals surface area contributed by atoms with Crippen LogP contribution in [0.1, 0.15) is 4.88 Å². The molecule has 0 aliphatic rings.